The summed E-state index contributed by atoms with van der Waals surface area (Å²) in [5.41, 5.74) is 0. The van der Waals surface area contributed by atoms with Crippen LogP contribution in [0.15, 0.2) is 32.7 Å². The summed E-state index contributed by atoms with van der Waals surface area (Å²) in [6, 6.07) is -0.284. The van der Waals surface area contributed by atoms with E-state index in [0.29, 0.717) is 0 Å². The molecule has 256 valence electrons. The minimum atomic E-state index is -4.37. The van der Waals surface area contributed by atoms with Crippen LogP contribution in [-0.2, 0) is 20.0 Å². The topological polar surface area (TPSA) is 321 Å². The number of rotatable bonds is 10. The summed E-state index contributed by atoms with van der Waals surface area (Å²) in [7, 11) is -6.12. The molecule has 0 bridgehead atoms. The maximum atomic E-state index is 12.1. The van der Waals surface area contributed by atoms with E-state index in [4.69, 9.17) is 19.7 Å². The Kier molecular flexibility index (Phi) is 11.8. The van der Waals surface area contributed by atoms with Gasteiger partial charge in [0.05, 0.1) is 14.2 Å². The predicted molar refractivity (Wildman–Crippen MR) is 163 cm³/mol. The maximum absolute atomic E-state index is 12.1. The zero-order valence-electron chi connectivity index (χ0n) is 24.6. The van der Waals surface area contributed by atoms with Crippen LogP contribution in [0.3, 0.4) is 0 Å². The number of nitrogens with zero attached hydrogens (tertiary/aromatic N) is 6. The summed E-state index contributed by atoms with van der Waals surface area (Å²) in [4.78, 5) is 66.5. The van der Waals surface area contributed by atoms with Crippen LogP contribution in [0.1, 0.15) is 31.0 Å². The molecule has 0 spiro atoms. The van der Waals surface area contributed by atoms with Crippen molar-refractivity contribution in [1.29, 1.82) is 0 Å². The van der Waals surface area contributed by atoms with E-state index in [1.165, 1.54) is 38.8 Å². The Hall–Kier alpha value is -5.60. The van der Waals surface area contributed by atoms with Gasteiger partial charge in [0.2, 0.25) is 11.9 Å². The first-order chi connectivity index (χ1) is 22.4. The molecule has 0 aromatic carbocycles. The molecule has 22 nitrogen and oxygen atoms in total. The molecule has 0 saturated carbocycles. The van der Waals surface area contributed by atoms with E-state index in [-0.39, 0.29) is 35.6 Å². The van der Waals surface area contributed by atoms with Gasteiger partial charge in [0.25, 0.3) is 20.0 Å². The Morgan fingerprint density at radius 2 is 1.00 bits per heavy atom. The van der Waals surface area contributed by atoms with E-state index < -0.39 is 63.6 Å². The van der Waals surface area contributed by atoms with Crippen LogP contribution in [0, 0.1) is 13.8 Å². The SMILES string of the molecule is COc1nc(C)nc(NC(=O)NS(=O)(=O)c2ccsc2C(=O)O)n1.COc1nc(C)nc(NC(=O)NS(=O)(=O)c2ccsc2C(=O)O)n1. The predicted octanol–water partition coefficient (Wildman–Crippen LogP) is 0.917. The third-order valence-electron chi connectivity index (χ3n) is 4.95. The van der Waals surface area contributed by atoms with Gasteiger partial charge < -0.3 is 19.7 Å². The Bertz CT molecular complexity index is 1940. The van der Waals surface area contributed by atoms with Crippen LogP contribution in [-0.4, -0.2) is 95.2 Å². The molecule has 4 amide bonds. The van der Waals surface area contributed by atoms with Crippen LogP contribution >= 0.6 is 22.7 Å². The summed E-state index contributed by atoms with van der Waals surface area (Å²) < 4.78 is 61.4. The molecule has 4 aromatic heterocycles. The van der Waals surface area contributed by atoms with Crippen molar-refractivity contribution in [2.75, 3.05) is 24.9 Å². The van der Waals surface area contributed by atoms with Gasteiger partial charge >= 0.3 is 36.0 Å². The third kappa shape index (κ3) is 9.70. The highest BCUT2D eigenvalue weighted by Gasteiger charge is 2.27. The fourth-order valence-corrected chi connectivity index (χ4v) is 7.48. The van der Waals surface area contributed by atoms with Gasteiger partial charge in [-0.15, -0.1) is 22.7 Å². The van der Waals surface area contributed by atoms with Crippen LogP contribution in [0.2, 0.25) is 0 Å². The van der Waals surface area contributed by atoms with Gasteiger partial charge in [-0.1, -0.05) is 0 Å². The number of carboxylic acids is 2. The molecule has 0 aliphatic carbocycles. The molecule has 48 heavy (non-hydrogen) atoms. The van der Waals surface area contributed by atoms with Crippen molar-refractivity contribution in [3.63, 3.8) is 0 Å². The molecule has 0 aliphatic rings. The highest BCUT2D eigenvalue weighted by molar-refractivity contribution is 7.90. The molecule has 4 rings (SSSR count). The summed E-state index contributed by atoms with van der Waals surface area (Å²) in [6.45, 7) is 3.04. The first kappa shape index (κ1) is 36.9. The third-order valence-corrected chi connectivity index (χ3v) is 9.76. The number of aromatic nitrogens is 6. The first-order valence-corrected chi connectivity index (χ1v) is 17.0. The van der Waals surface area contributed by atoms with Crippen molar-refractivity contribution in [1.82, 2.24) is 39.3 Å². The van der Waals surface area contributed by atoms with Crippen molar-refractivity contribution < 1.29 is 55.7 Å². The number of anilines is 2. The number of hydrogen-bond donors (Lipinski definition) is 6. The van der Waals surface area contributed by atoms with Gasteiger partial charge in [0, 0.05) is 0 Å². The Morgan fingerprint density at radius 1 is 0.646 bits per heavy atom. The van der Waals surface area contributed by atoms with Gasteiger partial charge in [0.15, 0.2) is 0 Å². The molecular formula is C22H22N10O12S4. The number of sulfonamides is 2. The number of carbonyl (C=O) groups excluding carboxylic acids is 2. The minimum absolute atomic E-state index is 0.0633. The highest BCUT2D eigenvalue weighted by Crippen LogP contribution is 2.23. The second kappa shape index (κ2) is 15.3. The molecule has 0 saturated heterocycles. The van der Waals surface area contributed by atoms with Crippen LogP contribution in [0.25, 0.3) is 0 Å². The Balaban J connectivity index is 0.000000260. The summed E-state index contributed by atoms with van der Waals surface area (Å²) in [5, 5.41) is 24.7. The lowest BCUT2D eigenvalue weighted by atomic mass is 10.5. The average molecular weight is 747 g/mol. The number of nitrogens with one attached hydrogen (secondary N) is 4. The van der Waals surface area contributed by atoms with Crippen molar-refractivity contribution in [3.8, 4) is 12.0 Å². The zero-order chi connectivity index (χ0) is 35.8. The van der Waals surface area contributed by atoms with Gasteiger partial charge in [-0.3, -0.25) is 10.6 Å². The number of urea groups is 2. The average Bonchev–Trinajstić information content (AvgIpc) is 3.68. The quantitative estimate of drug-likeness (QED) is 0.131. The van der Waals surface area contributed by atoms with Gasteiger partial charge in [0.1, 0.15) is 31.2 Å². The standard InChI is InChI=1S/2C11H11N5O6S2/c2*1-5-12-9(15-11(13-5)22-2)14-10(19)16-24(20,21)6-3-4-23-7(6)8(17)18/h2*3-4H,1-2H3,(H,17,18)(H2,12,13,14,15,16,19). The number of carbonyl (C=O) groups is 4. The highest BCUT2D eigenvalue weighted by atomic mass is 32.2. The van der Waals surface area contributed by atoms with Gasteiger partial charge in [-0.2, -0.15) is 29.9 Å². The number of thiophene rings is 2. The van der Waals surface area contributed by atoms with Crippen LogP contribution in [0.4, 0.5) is 21.5 Å². The largest absolute Gasteiger partial charge is 0.477 e. The molecular weight excluding hydrogens is 725 g/mol. The number of ether oxygens (including phenoxy) is 2. The molecule has 0 fully saturated rings. The number of aryl methyl sites for hydroxylation is 2. The molecule has 4 aromatic rings. The molecule has 0 aliphatic heterocycles. The normalized spacial score (nSPS) is 10.9. The van der Waals surface area contributed by atoms with Crippen molar-refractivity contribution in [2.24, 2.45) is 0 Å². The lowest BCUT2D eigenvalue weighted by Gasteiger charge is -2.08. The molecule has 4 heterocycles. The van der Waals surface area contributed by atoms with Crippen LogP contribution in [0.5, 0.6) is 12.0 Å². The molecule has 0 atom stereocenters. The molecule has 26 heteroatoms. The van der Waals surface area contributed by atoms with E-state index in [2.05, 4.69) is 40.5 Å². The minimum Gasteiger partial charge on any atom is -0.477 e. The summed E-state index contributed by atoms with van der Waals surface area (Å²) >= 11 is 1.45. The van der Waals surface area contributed by atoms with E-state index >= 15 is 0 Å². The Morgan fingerprint density at radius 3 is 1.31 bits per heavy atom. The molecule has 0 radical (unpaired) electrons. The number of hydrogen-bond acceptors (Lipinski definition) is 18. The van der Waals surface area contributed by atoms with Crippen molar-refractivity contribution in [3.05, 3.63) is 44.3 Å². The number of amides is 4. The fourth-order valence-electron chi connectivity index (χ4n) is 3.15. The van der Waals surface area contributed by atoms with Crippen molar-refractivity contribution >= 4 is 78.6 Å². The Labute approximate surface area is 277 Å². The second-order valence-corrected chi connectivity index (χ2v) is 13.5. The molecule has 6 N–H and O–H groups in total. The van der Waals surface area contributed by atoms with Crippen molar-refractivity contribution in [2.45, 2.75) is 23.6 Å². The number of methoxy groups -OCH3 is 2. The van der Waals surface area contributed by atoms with Gasteiger partial charge in [-0.05, 0) is 36.7 Å². The first-order valence-electron chi connectivity index (χ1n) is 12.3. The van der Waals surface area contributed by atoms with E-state index in [9.17, 15) is 36.0 Å². The number of aromatic carboxylic acids is 2. The smallest absolute Gasteiger partial charge is 0.347 e. The molecule has 0 unspecified atom stereocenters. The van der Waals surface area contributed by atoms with Gasteiger partial charge in [-0.25, -0.2) is 45.5 Å². The van der Waals surface area contributed by atoms with E-state index in [1.807, 2.05) is 0 Å². The fraction of sp³-hybridized carbons (Fsp3) is 0.182. The monoisotopic (exact) mass is 746 g/mol. The van der Waals surface area contributed by atoms with E-state index in [0.717, 1.165) is 34.8 Å². The second-order valence-electron chi connectivity index (χ2n) is 8.34. The summed E-state index contributed by atoms with van der Waals surface area (Å²) in [5.74, 6) is -2.80. The number of carboxylic acid groups (broad SMARTS) is 2. The summed E-state index contributed by atoms with van der Waals surface area (Å²) in [6.07, 6.45) is 0. The van der Waals surface area contributed by atoms with Crippen LogP contribution < -0.4 is 29.6 Å². The lowest BCUT2D eigenvalue weighted by molar-refractivity contribution is 0.0687. The zero-order valence-corrected chi connectivity index (χ0v) is 27.9. The maximum Gasteiger partial charge on any atom is 0.347 e. The van der Waals surface area contributed by atoms with E-state index in [1.54, 1.807) is 9.44 Å². The lowest BCUT2D eigenvalue weighted by Crippen LogP contribution is -2.35.